The highest BCUT2D eigenvalue weighted by Gasteiger charge is 2.38. The number of carbonyl (C=O) groups excluding carboxylic acids is 4. The zero-order chi connectivity index (χ0) is 48.8. The van der Waals surface area contributed by atoms with Gasteiger partial charge < -0.3 is 83.6 Å². The molecule has 1 rings (SSSR count). The third kappa shape index (κ3) is 40.8. The van der Waals surface area contributed by atoms with Crippen LogP contribution in [0, 0.1) is 0 Å². The molecule has 0 aromatic rings. The molecule has 4 amide bonds. The van der Waals surface area contributed by atoms with Gasteiger partial charge in [0.25, 0.3) is 11.8 Å². The number of hydrogen-bond acceptors (Lipinski definition) is 19. The molecule has 0 aromatic carbocycles. The Morgan fingerprint density at radius 3 is 1.15 bits per heavy atom. The lowest BCUT2D eigenvalue weighted by Crippen LogP contribution is -2.37. The lowest BCUT2D eigenvalue weighted by atomic mass is 10.3. The van der Waals surface area contributed by atoms with Crippen molar-refractivity contribution in [3.8, 4) is 0 Å². The summed E-state index contributed by atoms with van der Waals surface area (Å²) in [6, 6.07) is 0. The van der Waals surface area contributed by atoms with E-state index < -0.39 is 24.0 Å². The SMILES string of the molecule is NCCOCCOCCOCCN(CCOCCOCCOCCN)C(=O)CCOCCOCCOCCOCCOCCOCCNC(=O)CCN1C(=O)C=CC1=O.O=C(O)C(F)(F)F. The molecule has 0 bridgehead atoms. The van der Waals surface area contributed by atoms with Crippen LogP contribution in [-0.4, -0.2) is 249 Å². The highest BCUT2D eigenvalue weighted by atomic mass is 19.4. The first-order valence-electron chi connectivity index (χ1n) is 21.6. The van der Waals surface area contributed by atoms with Crippen molar-refractivity contribution in [1.82, 2.24) is 15.1 Å². The predicted octanol–water partition coefficient (Wildman–Crippen LogP) is -1.61. The van der Waals surface area contributed by atoms with Crippen LogP contribution >= 0.6 is 0 Å². The van der Waals surface area contributed by atoms with Crippen molar-refractivity contribution in [1.29, 1.82) is 0 Å². The number of ether oxygens (including phenoxy) is 12. The number of imide groups is 1. The first kappa shape index (κ1) is 62.5. The number of nitrogens with zero attached hydrogens (tertiary/aromatic N) is 2. The van der Waals surface area contributed by atoms with E-state index in [9.17, 15) is 32.3 Å². The van der Waals surface area contributed by atoms with E-state index in [0.717, 1.165) is 4.90 Å². The van der Waals surface area contributed by atoms with Crippen molar-refractivity contribution in [2.45, 2.75) is 19.0 Å². The first-order chi connectivity index (χ1) is 31.9. The van der Waals surface area contributed by atoms with E-state index in [4.69, 9.17) is 78.2 Å². The molecule has 66 heavy (non-hydrogen) atoms. The van der Waals surface area contributed by atoms with E-state index in [-0.39, 0.29) is 37.8 Å². The van der Waals surface area contributed by atoms with E-state index in [1.807, 2.05) is 0 Å². The van der Waals surface area contributed by atoms with Gasteiger partial charge in [0.2, 0.25) is 11.8 Å². The second-order valence-corrected chi connectivity index (χ2v) is 13.1. The lowest BCUT2D eigenvalue weighted by Gasteiger charge is -2.23. The Morgan fingerprint density at radius 1 is 0.515 bits per heavy atom. The zero-order valence-electron chi connectivity index (χ0n) is 37.9. The number of hydrogen-bond donors (Lipinski definition) is 4. The molecule has 1 aliphatic heterocycles. The number of nitrogens with one attached hydrogen (secondary N) is 1. The van der Waals surface area contributed by atoms with E-state index in [1.165, 1.54) is 12.2 Å². The van der Waals surface area contributed by atoms with Gasteiger partial charge in [-0.3, -0.25) is 24.1 Å². The molecule has 386 valence electrons. The molecular weight excluding hydrogens is 895 g/mol. The lowest BCUT2D eigenvalue weighted by molar-refractivity contribution is -0.192. The number of carbonyl (C=O) groups is 5. The van der Waals surface area contributed by atoms with Gasteiger partial charge in [0.1, 0.15) is 0 Å². The Kier molecular flexibility index (Phi) is 42.9. The summed E-state index contributed by atoms with van der Waals surface area (Å²) in [5.74, 6) is -3.89. The minimum atomic E-state index is -5.08. The van der Waals surface area contributed by atoms with E-state index >= 15 is 0 Å². The average molecular weight is 968 g/mol. The molecule has 0 fully saturated rings. The van der Waals surface area contributed by atoms with E-state index in [0.29, 0.717) is 185 Å². The van der Waals surface area contributed by atoms with Crippen LogP contribution in [0.3, 0.4) is 0 Å². The number of carboxylic acids is 1. The van der Waals surface area contributed by atoms with Gasteiger partial charge in [0.15, 0.2) is 0 Å². The summed E-state index contributed by atoms with van der Waals surface area (Å²) in [5.41, 5.74) is 10.8. The zero-order valence-corrected chi connectivity index (χ0v) is 37.9. The van der Waals surface area contributed by atoms with Crippen LogP contribution < -0.4 is 16.8 Å². The van der Waals surface area contributed by atoms with Crippen molar-refractivity contribution < 1.29 is 99.1 Å². The van der Waals surface area contributed by atoms with Gasteiger partial charge in [-0.15, -0.1) is 0 Å². The second-order valence-electron chi connectivity index (χ2n) is 13.1. The summed E-state index contributed by atoms with van der Waals surface area (Å²) in [6.07, 6.45) is -2.45. The molecule has 23 nitrogen and oxygen atoms in total. The molecule has 0 aromatic heterocycles. The summed E-state index contributed by atoms with van der Waals surface area (Å²) >= 11 is 0. The maximum atomic E-state index is 12.9. The van der Waals surface area contributed by atoms with Crippen LogP contribution in [-0.2, 0) is 80.8 Å². The molecule has 0 spiro atoms. The molecular formula is C40H72F3N5O18. The number of nitrogens with two attached hydrogens (primary N) is 2. The summed E-state index contributed by atoms with van der Waals surface area (Å²) in [6.45, 7) is 12.0. The van der Waals surface area contributed by atoms with Crippen LogP contribution in [0.1, 0.15) is 12.8 Å². The van der Waals surface area contributed by atoms with Crippen molar-refractivity contribution in [2.24, 2.45) is 11.5 Å². The summed E-state index contributed by atoms with van der Waals surface area (Å²) in [5, 5.41) is 9.80. The molecule has 1 aliphatic rings. The number of carboxylic acid groups (broad SMARTS) is 1. The molecule has 6 N–H and O–H groups in total. The van der Waals surface area contributed by atoms with Crippen LogP contribution in [0.25, 0.3) is 0 Å². The van der Waals surface area contributed by atoms with Crippen LogP contribution in [0.2, 0.25) is 0 Å². The van der Waals surface area contributed by atoms with Gasteiger partial charge in [-0.05, 0) is 0 Å². The van der Waals surface area contributed by atoms with Crippen molar-refractivity contribution >= 4 is 29.6 Å². The van der Waals surface area contributed by atoms with Gasteiger partial charge in [-0.25, -0.2) is 4.79 Å². The topological polar surface area (TPSA) is 287 Å². The van der Waals surface area contributed by atoms with Gasteiger partial charge in [0.05, 0.1) is 165 Å². The van der Waals surface area contributed by atoms with Crippen LogP contribution in [0.4, 0.5) is 13.2 Å². The Bertz CT molecular complexity index is 1220. The van der Waals surface area contributed by atoms with Gasteiger partial charge >= 0.3 is 12.1 Å². The van der Waals surface area contributed by atoms with Gasteiger partial charge in [-0.1, -0.05) is 0 Å². The fourth-order valence-electron chi connectivity index (χ4n) is 4.70. The second kappa shape index (κ2) is 45.3. The Labute approximate surface area is 383 Å². The van der Waals surface area contributed by atoms with Gasteiger partial charge in [0, 0.05) is 57.8 Å². The highest BCUT2D eigenvalue weighted by molar-refractivity contribution is 6.13. The Balaban J connectivity index is 0.00000554. The highest BCUT2D eigenvalue weighted by Crippen LogP contribution is 2.13. The van der Waals surface area contributed by atoms with Crippen molar-refractivity contribution in [3.63, 3.8) is 0 Å². The normalized spacial score (nSPS) is 12.5. The number of aliphatic carboxylic acids is 1. The maximum absolute atomic E-state index is 12.9. The van der Waals surface area contributed by atoms with E-state index in [2.05, 4.69) is 5.32 Å². The molecule has 0 saturated heterocycles. The summed E-state index contributed by atoms with van der Waals surface area (Å²) < 4.78 is 97.5. The smallest absolute Gasteiger partial charge is 0.475 e. The quantitative estimate of drug-likeness (QED) is 0.0394. The molecule has 0 saturated carbocycles. The number of rotatable bonds is 46. The molecule has 0 atom stereocenters. The standard InChI is InChI=1S/C38H71N5O16.C2HF3O2/c39-5-12-49-18-24-55-27-21-52-15-9-42(10-16-53-22-28-56-25-19-50-13-6-40)36(45)4-11-48-17-23-54-29-31-58-33-34-59-32-30-57-26-20-51-14-7-41-35(44)3-8-43-37(46)1-2-38(43)47;3-2(4,5)1(6)7/h1-2H,3-34,39-40H2,(H,41,44);(H,6,7). The summed E-state index contributed by atoms with van der Waals surface area (Å²) in [4.78, 5) is 59.4. The molecule has 0 radical (unpaired) electrons. The molecule has 1 heterocycles. The van der Waals surface area contributed by atoms with Crippen LogP contribution in [0.5, 0.6) is 0 Å². The van der Waals surface area contributed by atoms with Crippen molar-refractivity contribution in [2.75, 3.05) is 198 Å². The third-order valence-corrected chi connectivity index (χ3v) is 7.97. The fourth-order valence-corrected chi connectivity index (χ4v) is 4.70. The molecule has 0 aliphatic carbocycles. The first-order valence-corrected chi connectivity index (χ1v) is 21.6. The Hall–Kier alpha value is -3.48. The number of alkyl halides is 3. The maximum Gasteiger partial charge on any atom is 0.490 e. The number of halogens is 3. The third-order valence-electron chi connectivity index (χ3n) is 7.97. The largest absolute Gasteiger partial charge is 0.490 e. The minimum absolute atomic E-state index is 0.0397. The summed E-state index contributed by atoms with van der Waals surface area (Å²) in [7, 11) is 0. The van der Waals surface area contributed by atoms with Crippen LogP contribution in [0.15, 0.2) is 12.2 Å². The Morgan fingerprint density at radius 2 is 0.818 bits per heavy atom. The predicted molar refractivity (Wildman–Crippen MR) is 226 cm³/mol. The van der Waals surface area contributed by atoms with E-state index in [1.54, 1.807) is 4.90 Å². The number of amides is 4. The van der Waals surface area contributed by atoms with Crippen molar-refractivity contribution in [3.05, 3.63) is 12.2 Å². The fraction of sp³-hybridized carbons (Fsp3) is 0.825. The van der Waals surface area contributed by atoms with Gasteiger partial charge in [-0.2, -0.15) is 13.2 Å². The monoisotopic (exact) mass is 967 g/mol. The minimum Gasteiger partial charge on any atom is -0.475 e. The average Bonchev–Trinajstić information content (AvgIpc) is 3.61. The molecule has 0 unspecified atom stereocenters. The molecule has 26 heteroatoms.